The lowest BCUT2D eigenvalue weighted by Gasteiger charge is -2.43. The molecule has 7 heteroatoms. The van der Waals surface area contributed by atoms with Crippen LogP contribution in [0.2, 0.25) is 0 Å². The van der Waals surface area contributed by atoms with Gasteiger partial charge < -0.3 is 19.2 Å². The summed E-state index contributed by atoms with van der Waals surface area (Å²) in [6.07, 6.45) is 2.36. The Morgan fingerprint density at radius 1 is 0.912 bits per heavy atom. The van der Waals surface area contributed by atoms with Gasteiger partial charge in [-0.15, -0.1) is 0 Å². The summed E-state index contributed by atoms with van der Waals surface area (Å²) < 4.78 is 6.88. The topological polar surface area (TPSA) is 84.5 Å². The summed E-state index contributed by atoms with van der Waals surface area (Å²) in [7, 11) is 0. The van der Waals surface area contributed by atoms with Gasteiger partial charge in [0.1, 0.15) is 5.69 Å². The summed E-state index contributed by atoms with van der Waals surface area (Å²) in [6, 6.07) is 20.6. The lowest BCUT2D eigenvalue weighted by Crippen LogP contribution is -2.49. The molecule has 2 bridgehead atoms. The maximum atomic E-state index is 13.3. The number of furan rings is 1. The highest BCUT2D eigenvalue weighted by molar-refractivity contribution is 6.02. The first-order valence-electron chi connectivity index (χ1n) is 11.4. The number of amides is 2. The average molecular weight is 453 g/mol. The van der Waals surface area contributed by atoms with Gasteiger partial charge in [-0.3, -0.25) is 14.4 Å². The lowest BCUT2D eigenvalue weighted by molar-refractivity contribution is 0.0594. The number of nitrogens with zero attached hydrogens (tertiary/aromatic N) is 2. The van der Waals surface area contributed by atoms with Gasteiger partial charge in [0.2, 0.25) is 0 Å². The monoisotopic (exact) mass is 453 g/mol. The highest BCUT2D eigenvalue weighted by Gasteiger charge is 2.37. The number of piperidine rings is 1. The van der Waals surface area contributed by atoms with E-state index in [9.17, 15) is 14.4 Å². The molecule has 1 fully saturated rings. The van der Waals surface area contributed by atoms with Gasteiger partial charge in [0, 0.05) is 36.8 Å². The first-order chi connectivity index (χ1) is 16.6. The Balaban J connectivity index is 1.25. The molecule has 2 aliphatic rings. The summed E-state index contributed by atoms with van der Waals surface area (Å²) in [5.74, 6) is -0.00459. The smallest absolute Gasteiger partial charge is 0.291 e. The number of aromatic nitrogens is 1. The molecule has 0 radical (unpaired) electrons. The van der Waals surface area contributed by atoms with Crippen LogP contribution in [-0.2, 0) is 6.54 Å². The van der Waals surface area contributed by atoms with Gasteiger partial charge in [0.25, 0.3) is 17.4 Å². The van der Waals surface area contributed by atoms with Crippen LogP contribution in [0.25, 0.3) is 10.8 Å². The first-order valence-corrected chi connectivity index (χ1v) is 11.4. The number of anilines is 1. The van der Waals surface area contributed by atoms with E-state index in [0.717, 1.165) is 22.9 Å². The maximum absolute atomic E-state index is 13.3. The van der Waals surface area contributed by atoms with Crippen molar-refractivity contribution in [3.63, 3.8) is 0 Å². The number of fused-ring (bicyclic) bond motifs is 5. The Labute approximate surface area is 195 Å². The van der Waals surface area contributed by atoms with E-state index in [1.165, 1.54) is 6.26 Å². The Morgan fingerprint density at radius 2 is 1.76 bits per heavy atom. The third-order valence-corrected chi connectivity index (χ3v) is 6.88. The van der Waals surface area contributed by atoms with Gasteiger partial charge in [-0.1, -0.05) is 30.3 Å². The highest BCUT2D eigenvalue weighted by Crippen LogP contribution is 2.36. The molecule has 0 spiro atoms. The predicted octanol–water partition coefficient (Wildman–Crippen LogP) is 4.11. The quantitative estimate of drug-likeness (QED) is 0.506. The van der Waals surface area contributed by atoms with Gasteiger partial charge >= 0.3 is 0 Å². The molecule has 2 aromatic heterocycles. The average Bonchev–Trinajstić information content (AvgIpc) is 3.40. The molecule has 1 saturated heterocycles. The van der Waals surface area contributed by atoms with Crippen LogP contribution in [0.3, 0.4) is 0 Å². The molecule has 0 unspecified atom stereocenters. The lowest BCUT2D eigenvalue weighted by atomic mass is 9.83. The van der Waals surface area contributed by atoms with E-state index in [1.807, 2.05) is 53.4 Å². The Hall–Kier alpha value is -4.13. The molecule has 1 N–H and O–H groups in total. The van der Waals surface area contributed by atoms with Crippen molar-refractivity contribution in [1.82, 2.24) is 9.47 Å². The van der Waals surface area contributed by atoms with Crippen LogP contribution < -0.4 is 10.9 Å². The van der Waals surface area contributed by atoms with Crippen molar-refractivity contribution in [3.05, 3.63) is 100 Å². The van der Waals surface area contributed by atoms with E-state index in [1.54, 1.807) is 22.8 Å². The van der Waals surface area contributed by atoms with Gasteiger partial charge in [-0.2, -0.15) is 0 Å². The zero-order valence-electron chi connectivity index (χ0n) is 18.4. The Kier molecular flexibility index (Phi) is 4.83. The van der Waals surface area contributed by atoms with Crippen molar-refractivity contribution in [1.29, 1.82) is 0 Å². The second-order valence-corrected chi connectivity index (χ2v) is 9.09. The minimum atomic E-state index is -0.453. The van der Waals surface area contributed by atoms with Gasteiger partial charge in [-0.25, -0.2) is 0 Å². The van der Waals surface area contributed by atoms with Crippen LogP contribution in [0.1, 0.15) is 38.9 Å². The fraction of sp³-hybridized carbons (Fsp3) is 0.222. The normalized spacial score (nSPS) is 19.0. The minimum Gasteiger partial charge on any atom is -0.459 e. The summed E-state index contributed by atoms with van der Waals surface area (Å²) in [5.41, 5.74) is 1.61. The Morgan fingerprint density at radius 3 is 2.59 bits per heavy atom. The predicted molar refractivity (Wildman–Crippen MR) is 128 cm³/mol. The third kappa shape index (κ3) is 3.50. The molecule has 2 aromatic carbocycles. The molecule has 2 atom stereocenters. The molecule has 0 saturated carbocycles. The number of benzene rings is 2. The van der Waals surface area contributed by atoms with Crippen molar-refractivity contribution in [3.8, 4) is 0 Å². The fourth-order valence-corrected chi connectivity index (χ4v) is 5.30. The van der Waals surface area contributed by atoms with Crippen molar-refractivity contribution < 1.29 is 14.0 Å². The molecule has 7 nitrogen and oxygen atoms in total. The molecule has 34 heavy (non-hydrogen) atoms. The number of carbonyl (C=O) groups is 2. The van der Waals surface area contributed by atoms with Crippen LogP contribution in [0.4, 0.5) is 5.69 Å². The number of nitrogens with one attached hydrogen (secondary N) is 1. The largest absolute Gasteiger partial charge is 0.459 e. The van der Waals surface area contributed by atoms with Crippen LogP contribution in [0, 0.1) is 5.92 Å². The third-order valence-electron chi connectivity index (χ3n) is 6.88. The summed E-state index contributed by atoms with van der Waals surface area (Å²) in [5, 5.41) is 4.82. The summed E-state index contributed by atoms with van der Waals surface area (Å²) in [6.45, 7) is 1.70. The molecule has 4 aromatic rings. The number of carbonyl (C=O) groups excluding carboxylic acids is 2. The fourth-order valence-electron chi connectivity index (χ4n) is 5.30. The number of hydrogen-bond donors (Lipinski definition) is 1. The number of rotatable bonds is 3. The molecular formula is C27H23N3O4. The maximum Gasteiger partial charge on any atom is 0.291 e. The molecule has 2 aliphatic heterocycles. The van der Waals surface area contributed by atoms with Crippen molar-refractivity contribution in [2.75, 3.05) is 18.4 Å². The first kappa shape index (κ1) is 20.5. The van der Waals surface area contributed by atoms with Crippen LogP contribution in [-0.4, -0.2) is 34.4 Å². The molecular weight excluding hydrogens is 430 g/mol. The van der Waals surface area contributed by atoms with Crippen molar-refractivity contribution in [2.24, 2.45) is 5.92 Å². The molecule has 0 aliphatic carbocycles. The second kappa shape index (κ2) is 8.02. The zero-order valence-corrected chi connectivity index (χ0v) is 18.4. The second-order valence-electron chi connectivity index (χ2n) is 9.09. The van der Waals surface area contributed by atoms with E-state index >= 15 is 0 Å². The van der Waals surface area contributed by atoms with Gasteiger partial charge in [0.15, 0.2) is 5.76 Å². The molecule has 6 rings (SSSR count). The van der Waals surface area contributed by atoms with Crippen LogP contribution in [0.15, 0.2) is 82.2 Å². The number of hydrogen-bond acceptors (Lipinski definition) is 4. The SMILES string of the molecule is O=C(Nc1ccc2n(c1=O)C[C@H]1C[C@@H]2CN(C(=O)c2ccc3ccccc3c2)C1)c1ccco1. The zero-order chi connectivity index (χ0) is 23.2. The van der Waals surface area contributed by atoms with E-state index < -0.39 is 5.91 Å². The summed E-state index contributed by atoms with van der Waals surface area (Å²) >= 11 is 0. The van der Waals surface area contributed by atoms with E-state index in [0.29, 0.717) is 25.2 Å². The Bertz CT molecular complexity index is 1470. The van der Waals surface area contributed by atoms with E-state index in [2.05, 4.69) is 5.32 Å². The van der Waals surface area contributed by atoms with E-state index in [-0.39, 0.29) is 34.7 Å². The van der Waals surface area contributed by atoms with Crippen molar-refractivity contribution in [2.45, 2.75) is 18.9 Å². The van der Waals surface area contributed by atoms with Gasteiger partial charge in [-0.05, 0) is 59.5 Å². The molecule has 170 valence electrons. The summed E-state index contributed by atoms with van der Waals surface area (Å²) in [4.78, 5) is 40.7. The molecule has 4 heterocycles. The number of pyridine rings is 1. The van der Waals surface area contributed by atoms with Gasteiger partial charge in [0.05, 0.1) is 6.26 Å². The van der Waals surface area contributed by atoms with Crippen LogP contribution >= 0.6 is 0 Å². The molecule has 2 amide bonds. The number of likely N-dealkylation sites (tertiary alicyclic amines) is 1. The van der Waals surface area contributed by atoms with Crippen molar-refractivity contribution >= 4 is 28.3 Å². The standard InChI is InChI=1S/C27H23N3O4/c31-25(24-6-3-11-34-24)28-22-9-10-23-21-12-17(15-30(23)27(22)33)14-29(16-21)26(32)20-8-7-18-4-1-2-5-19(18)13-20/h1-11,13,17,21H,12,14-16H2,(H,28,31)/t17-,21+/m0/s1. The van der Waals surface area contributed by atoms with Crippen LogP contribution in [0.5, 0.6) is 0 Å². The highest BCUT2D eigenvalue weighted by atomic mass is 16.3. The minimum absolute atomic E-state index is 0.0265. The van der Waals surface area contributed by atoms with E-state index in [4.69, 9.17) is 4.42 Å².